The van der Waals surface area contributed by atoms with E-state index in [0.29, 0.717) is 5.92 Å². The van der Waals surface area contributed by atoms with Crippen LogP contribution in [0.4, 0.5) is 0 Å². The molecule has 94 valence electrons. The first-order chi connectivity index (χ1) is 8.19. The summed E-state index contributed by atoms with van der Waals surface area (Å²) in [5.74, 6) is 0.332. The molecule has 1 saturated carbocycles. The Morgan fingerprint density at radius 3 is 2.88 bits per heavy atom. The summed E-state index contributed by atoms with van der Waals surface area (Å²) in [4.78, 5) is 0.997. The maximum Gasteiger partial charge on any atom is 0.0932 e. The number of aliphatic hydroxyl groups is 1. The van der Waals surface area contributed by atoms with Crippen molar-refractivity contribution in [1.82, 2.24) is 0 Å². The third kappa shape index (κ3) is 2.26. The second-order valence-corrected chi connectivity index (χ2v) is 6.97. The van der Waals surface area contributed by atoms with Crippen LogP contribution >= 0.6 is 22.9 Å². The molecule has 0 radical (unpaired) electrons. The van der Waals surface area contributed by atoms with Gasteiger partial charge in [-0.15, -0.1) is 11.3 Å². The van der Waals surface area contributed by atoms with Crippen LogP contribution in [-0.4, -0.2) is 17.3 Å². The van der Waals surface area contributed by atoms with Crippen molar-refractivity contribution in [3.63, 3.8) is 0 Å². The van der Waals surface area contributed by atoms with Crippen LogP contribution in [0.15, 0.2) is 12.1 Å². The first-order valence-corrected chi connectivity index (χ1v) is 7.45. The summed E-state index contributed by atoms with van der Waals surface area (Å²) in [5.41, 5.74) is 0.102. The van der Waals surface area contributed by atoms with Gasteiger partial charge >= 0.3 is 0 Å². The molecular weight excluding hydrogens is 256 g/mol. The van der Waals surface area contributed by atoms with Gasteiger partial charge in [0.05, 0.1) is 16.0 Å². The van der Waals surface area contributed by atoms with Crippen molar-refractivity contribution in [1.29, 1.82) is 0 Å². The molecule has 1 aliphatic heterocycles. The largest absolute Gasteiger partial charge is 0.387 e. The summed E-state index contributed by atoms with van der Waals surface area (Å²) in [7, 11) is 0. The highest BCUT2D eigenvalue weighted by atomic mass is 35.5. The van der Waals surface area contributed by atoms with E-state index in [4.69, 9.17) is 16.3 Å². The van der Waals surface area contributed by atoms with Crippen molar-refractivity contribution in [2.45, 2.75) is 43.8 Å². The zero-order valence-corrected chi connectivity index (χ0v) is 11.3. The lowest BCUT2D eigenvalue weighted by Gasteiger charge is -2.48. The van der Waals surface area contributed by atoms with E-state index in [9.17, 15) is 5.11 Å². The number of ether oxygens (including phenoxy) is 1. The Morgan fingerprint density at radius 1 is 1.47 bits per heavy atom. The normalized spacial score (nSPS) is 28.9. The predicted octanol–water partition coefficient (Wildman–Crippen LogP) is 3.78. The Bertz CT molecular complexity index is 400. The van der Waals surface area contributed by atoms with Crippen LogP contribution in [0, 0.1) is 5.92 Å². The molecule has 0 bridgehead atoms. The molecule has 2 atom stereocenters. The summed E-state index contributed by atoms with van der Waals surface area (Å²) in [6.07, 6.45) is 5.20. The molecule has 2 heterocycles. The fraction of sp³-hybridized carbons (Fsp3) is 0.692. The molecular formula is C13H17ClO2S. The van der Waals surface area contributed by atoms with Gasteiger partial charge in [0.15, 0.2) is 0 Å². The van der Waals surface area contributed by atoms with Crippen molar-refractivity contribution < 1.29 is 9.84 Å². The molecule has 2 aliphatic rings. The lowest BCUT2D eigenvalue weighted by atomic mass is 9.71. The SMILES string of the molecule is OC(c1ccc(Cl)s1)C1CCOC2(CCC2)C1. The van der Waals surface area contributed by atoms with E-state index in [1.807, 2.05) is 12.1 Å². The number of halogens is 1. The fourth-order valence-electron chi connectivity index (χ4n) is 2.97. The molecule has 1 aromatic heterocycles. The number of rotatable bonds is 2. The summed E-state index contributed by atoms with van der Waals surface area (Å²) >= 11 is 7.41. The molecule has 17 heavy (non-hydrogen) atoms. The smallest absolute Gasteiger partial charge is 0.0932 e. The molecule has 2 fully saturated rings. The summed E-state index contributed by atoms with van der Waals surface area (Å²) < 4.78 is 6.64. The molecule has 1 aliphatic carbocycles. The van der Waals surface area contributed by atoms with Gasteiger partial charge in [-0.05, 0) is 50.2 Å². The minimum absolute atomic E-state index is 0.102. The summed E-state index contributed by atoms with van der Waals surface area (Å²) in [5, 5.41) is 10.4. The zero-order chi connectivity index (χ0) is 11.9. The monoisotopic (exact) mass is 272 g/mol. The summed E-state index contributed by atoms with van der Waals surface area (Å²) in [6, 6.07) is 3.81. The standard InChI is InChI=1S/C13H17ClO2S/c14-11-3-2-10(17-11)12(15)9-4-7-16-13(8-9)5-1-6-13/h2-3,9,12,15H,1,4-8H2. The van der Waals surface area contributed by atoms with Gasteiger partial charge in [-0.25, -0.2) is 0 Å². The average molecular weight is 273 g/mol. The Labute approximate surface area is 111 Å². The molecule has 2 nitrogen and oxygen atoms in total. The molecule has 0 aromatic carbocycles. The Kier molecular flexibility index (Phi) is 3.20. The molecule has 1 saturated heterocycles. The quantitative estimate of drug-likeness (QED) is 0.888. The number of hydrogen-bond donors (Lipinski definition) is 1. The van der Waals surface area contributed by atoms with Crippen LogP contribution in [0.3, 0.4) is 0 Å². The zero-order valence-electron chi connectivity index (χ0n) is 9.69. The molecule has 1 spiro atoms. The Morgan fingerprint density at radius 2 is 2.29 bits per heavy atom. The number of thiophene rings is 1. The second-order valence-electron chi connectivity index (χ2n) is 5.22. The van der Waals surface area contributed by atoms with Crippen LogP contribution in [0.1, 0.15) is 43.1 Å². The van der Waals surface area contributed by atoms with Crippen molar-refractivity contribution >= 4 is 22.9 Å². The first kappa shape index (κ1) is 12.0. The minimum Gasteiger partial charge on any atom is -0.387 e. The maximum absolute atomic E-state index is 10.4. The highest BCUT2D eigenvalue weighted by Crippen LogP contribution is 2.47. The van der Waals surface area contributed by atoms with E-state index >= 15 is 0 Å². The van der Waals surface area contributed by atoms with E-state index in [1.54, 1.807) is 0 Å². The van der Waals surface area contributed by atoms with E-state index in [2.05, 4.69) is 0 Å². The maximum atomic E-state index is 10.4. The van der Waals surface area contributed by atoms with Gasteiger partial charge < -0.3 is 9.84 Å². The van der Waals surface area contributed by atoms with Crippen molar-refractivity contribution in [3.8, 4) is 0 Å². The van der Waals surface area contributed by atoms with Gasteiger partial charge in [-0.3, -0.25) is 0 Å². The van der Waals surface area contributed by atoms with Crippen LogP contribution in [0.5, 0.6) is 0 Å². The van der Waals surface area contributed by atoms with E-state index in [1.165, 1.54) is 30.6 Å². The lowest BCUT2D eigenvalue weighted by Crippen LogP contribution is -2.46. The fourth-order valence-corrected chi connectivity index (χ4v) is 4.12. The summed E-state index contributed by atoms with van der Waals surface area (Å²) in [6.45, 7) is 0.792. The highest BCUT2D eigenvalue weighted by Gasteiger charge is 2.44. The predicted molar refractivity (Wildman–Crippen MR) is 69.5 cm³/mol. The number of hydrogen-bond acceptors (Lipinski definition) is 3. The van der Waals surface area contributed by atoms with Gasteiger partial charge in [0.1, 0.15) is 0 Å². The molecule has 3 rings (SSSR count). The van der Waals surface area contributed by atoms with Gasteiger partial charge in [-0.2, -0.15) is 0 Å². The third-order valence-electron chi connectivity index (χ3n) is 4.13. The van der Waals surface area contributed by atoms with E-state index in [-0.39, 0.29) is 11.7 Å². The van der Waals surface area contributed by atoms with Crippen LogP contribution in [-0.2, 0) is 4.74 Å². The average Bonchev–Trinajstić information content (AvgIpc) is 2.73. The van der Waals surface area contributed by atoms with Gasteiger partial charge in [0, 0.05) is 11.5 Å². The van der Waals surface area contributed by atoms with Crippen molar-refractivity contribution in [2.24, 2.45) is 5.92 Å². The molecule has 2 unspecified atom stereocenters. The Balaban J connectivity index is 1.71. The molecule has 0 amide bonds. The highest BCUT2D eigenvalue weighted by molar-refractivity contribution is 7.16. The third-order valence-corrected chi connectivity index (χ3v) is 5.43. The topological polar surface area (TPSA) is 29.5 Å². The van der Waals surface area contributed by atoms with Crippen LogP contribution in [0.25, 0.3) is 0 Å². The van der Waals surface area contributed by atoms with Crippen molar-refractivity contribution in [2.75, 3.05) is 6.61 Å². The first-order valence-electron chi connectivity index (χ1n) is 6.26. The number of aliphatic hydroxyl groups excluding tert-OH is 1. The van der Waals surface area contributed by atoms with E-state index in [0.717, 1.165) is 28.7 Å². The van der Waals surface area contributed by atoms with Gasteiger partial charge in [-0.1, -0.05) is 11.6 Å². The van der Waals surface area contributed by atoms with E-state index < -0.39 is 0 Å². The second kappa shape index (κ2) is 4.54. The molecule has 1 aromatic rings. The van der Waals surface area contributed by atoms with Gasteiger partial charge in [0.2, 0.25) is 0 Å². The Hall–Kier alpha value is -0.0900. The van der Waals surface area contributed by atoms with Crippen LogP contribution in [0.2, 0.25) is 4.34 Å². The minimum atomic E-state index is -0.367. The molecule has 1 N–H and O–H groups in total. The van der Waals surface area contributed by atoms with Crippen LogP contribution < -0.4 is 0 Å². The van der Waals surface area contributed by atoms with Gasteiger partial charge in [0.25, 0.3) is 0 Å². The molecule has 4 heteroatoms. The van der Waals surface area contributed by atoms with Crippen molar-refractivity contribution in [3.05, 3.63) is 21.3 Å². The lowest BCUT2D eigenvalue weighted by molar-refractivity contribution is -0.157.